The van der Waals surface area contributed by atoms with Gasteiger partial charge in [-0.15, -0.1) is 0 Å². The molecule has 0 bridgehead atoms. The molecular weight excluding hydrogens is 342 g/mol. The van der Waals surface area contributed by atoms with Crippen LogP contribution in [0.2, 0.25) is 0 Å². The van der Waals surface area contributed by atoms with Crippen molar-refractivity contribution in [3.8, 4) is 0 Å². The van der Waals surface area contributed by atoms with Crippen molar-refractivity contribution in [2.75, 3.05) is 37.0 Å². The molecule has 2 aromatic heterocycles. The number of nitrogens with one attached hydrogen (secondary N) is 1. The minimum Gasteiger partial charge on any atom is -0.436 e. The highest BCUT2D eigenvalue weighted by atomic mass is 16.5. The van der Waals surface area contributed by atoms with Crippen LogP contribution in [0, 0.1) is 5.92 Å². The first-order valence-corrected chi connectivity index (χ1v) is 9.25. The number of ether oxygens (including phenoxy) is 1. The number of pyridine rings is 1. The lowest BCUT2D eigenvalue weighted by atomic mass is 10.0. The van der Waals surface area contributed by atoms with Gasteiger partial charge in [0.2, 0.25) is 5.88 Å². The largest absolute Gasteiger partial charge is 0.436 e. The van der Waals surface area contributed by atoms with Crippen molar-refractivity contribution in [2.45, 2.75) is 12.8 Å². The summed E-state index contributed by atoms with van der Waals surface area (Å²) in [5, 5.41) is 3.90. The van der Waals surface area contributed by atoms with Crippen LogP contribution >= 0.6 is 0 Å². The molecule has 1 saturated heterocycles. The van der Waals surface area contributed by atoms with Crippen LogP contribution in [0.1, 0.15) is 12.8 Å². The number of para-hydroxylation sites is 1. The van der Waals surface area contributed by atoms with Crippen molar-refractivity contribution in [3.05, 3.63) is 58.9 Å². The third kappa shape index (κ3) is 3.80. The van der Waals surface area contributed by atoms with E-state index in [1.54, 1.807) is 12.3 Å². The number of hydrogen-bond donors (Lipinski definition) is 1. The summed E-state index contributed by atoms with van der Waals surface area (Å²) in [4.78, 5) is 18.9. The summed E-state index contributed by atoms with van der Waals surface area (Å²) in [5.74, 6) is 1.64. The topological polar surface area (TPSA) is 67.6 Å². The van der Waals surface area contributed by atoms with Gasteiger partial charge in [-0.05, 0) is 37.0 Å². The molecule has 0 atom stereocenters. The second kappa shape index (κ2) is 7.80. The molecule has 1 aliphatic rings. The van der Waals surface area contributed by atoms with Gasteiger partial charge < -0.3 is 19.4 Å². The van der Waals surface area contributed by atoms with E-state index < -0.39 is 0 Å². The highest BCUT2D eigenvalue weighted by molar-refractivity contribution is 5.87. The normalized spacial score (nSPS) is 15.0. The molecule has 0 aliphatic carbocycles. The zero-order valence-electron chi connectivity index (χ0n) is 15.4. The van der Waals surface area contributed by atoms with Crippen molar-refractivity contribution in [1.29, 1.82) is 0 Å². The van der Waals surface area contributed by atoms with E-state index in [0.29, 0.717) is 28.6 Å². The predicted octanol–water partition coefficient (Wildman–Crippen LogP) is 3.79. The Morgan fingerprint density at radius 3 is 2.74 bits per heavy atom. The Bertz CT molecular complexity index is 965. The minimum atomic E-state index is -0.0782. The van der Waals surface area contributed by atoms with Crippen molar-refractivity contribution in [3.63, 3.8) is 0 Å². The van der Waals surface area contributed by atoms with Crippen LogP contribution in [-0.2, 0) is 4.74 Å². The van der Waals surface area contributed by atoms with Crippen LogP contribution in [0.4, 0.5) is 17.4 Å². The monoisotopic (exact) mass is 365 g/mol. The summed E-state index contributed by atoms with van der Waals surface area (Å²) >= 11 is 0. The minimum absolute atomic E-state index is 0.0782. The Labute approximate surface area is 157 Å². The first kappa shape index (κ1) is 17.5. The summed E-state index contributed by atoms with van der Waals surface area (Å²) in [6.07, 6.45) is 3.71. The van der Waals surface area contributed by atoms with Crippen LogP contribution in [0.25, 0.3) is 11.0 Å². The molecule has 6 heteroatoms. The number of fused-ring (bicyclic) bond motifs is 1. The Balaban J connectivity index is 1.66. The standard InChI is InChI=1S/C21H23N3O3/c1-24(16-5-3-2-4-6-16)19-13-18(25)17-7-10-22-21(20(17)27-19)23-14-15-8-11-26-12-9-15/h2-7,10,13,15H,8-9,11-12,14H2,1H3,(H,22,23). The maximum atomic E-state index is 12.6. The van der Waals surface area contributed by atoms with Crippen molar-refractivity contribution in [2.24, 2.45) is 5.92 Å². The molecule has 0 unspecified atom stereocenters. The summed E-state index contributed by atoms with van der Waals surface area (Å²) in [6.45, 7) is 2.39. The second-order valence-corrected chi connectivity index (χ2v) is 6.82. The van der Waals surface area contributed by atoms with E-state index in [1.807, 2.05) is 42.3 Å². The van der Waals surface area contributed by atoms with Crippen molar-refractivity contribution < 1.29 is 9.15 Å². The van der Waals surface area contributed by atoms with Crippen LogP contribution in [0.3, 0.4) is 0 Å². The molecule has 4 rings (SSSR count). The van der Waals surface area contributed by atoms with E-state index >= 15 is 0 Å². The molecule has 1 aromatic carbocycles. The molecule has 1 fully saturated rings. The first-order valence-electron chi connectivity index (χ1n) is 9.25. The molecule has 6 nitrogen and oxygen atoms in total. The molecule has 0 saturated carbocycles. The van der Waals surface area contributed by atoms with Gasteiger partial charge in [-0.2, -0.15) is 0 Å². The van der Waals surface area contributed by atoms with Crippen LogP contribution in [0.15, 0.2) is 57.9 Å². The van der Waals surface area contributed by atoms with Gasteiger partial charge >= 0.3 is 0 Å². The maximum absolute atomic E-state index is 12.6. The lowest BCUT2D eigenvalue weighted by molar-refractivity contribution is 0.0699. The van der Waals surface area contributed by atoms with E-state index in [-0.39, 0.29) is 5.43 Å². The summed E-state index contributed by atoms with van der Waals surface area (Å²) < 4.78 is 11.5. The second-order valence-electron chi connectivity index (χ2n) is 6.82. The lowest BCUT2D eigenvalue weighted by Crippen LogP contribution is -2.23. The Morgan fingerprint density at radius 1 is 1.19 bits per heavy atom. The molecule has 140 valence electrons. The highest BCUT2D eigenvalue weighted by Crippen LogP contribution is 2.28. The van der Waals surface area contributed by atoms with E-state index in [0.717, 1.165) is 38.3 Å². The van der Waals surface area contributed by atoms with Crippen LogP contribution < -0.4 is 15.6 Å². The smallest absolute Gasteiger partial charge is 0.204 e. The average Bonchev–Trinajstić information content (AvgIpc) is 2.73. The number of benzene rings is 1. The maximum Gasteiger partial charge on any atom is 0.204 e. The van der Waals surface area contributed by atoms with Crippen LogP contribution in [-0.4, -0.2) is 31.8 Å². The number of aromatic nitrogens is 1. The average molecular weight is 365 g/mol. The SMILES string of the molecule is CN(c1ccccc1)c1cc(=O)c2ccnc(NCC3CCOCC3)c2o1. The Hall–Kier alpha value is -2.86. The van der Waals surface area contributed by atoms with Gasteiger partial charge in [0.05, 0.1) is 5.39 Å². The summed E-state index contributed by atoms with van der Waals surface area (Å²) in [5.41, 5.74) is 1.36. The molecule has 3 heterocycles. The van der Waals surface area contributed by atoms with Gasteiger partial charge in [0.15, 0.2) is 16.8 Å². The number of anilines is 3. The lowest BCUT2D eigenvalue weighted by Gasteiger charge is -2.22. The fraction of sp³-hybridized carbons (Fsp3) is 0.333. The van der Waals surface area contributed by atoms with E-state index in [9.17, 15) is 4.79 Å². The third-order valence-electron chi connectivity index (χ3n) is 5.00. The van der Waals surface area contributed by atoms with Gasteiger partial charge in [-0.3, -0.25) is 4.79 Å². The molecule has 1 aliphatic heterocycles. The summed E-state index contributed by atoms with van der Waals surface area (Å²) in [7, 11) is 1.88. The summed E-state index contributed by atoms with van der Waals surface area (Å²) in [6, 6.07) is 13.0. The fourth-order valence-corrected chi connectivity index (χ4v) is 3.33. The van der Waals surface area contributed by atoms with E-state index in [2.05, 4.69) is 10.3 Å². The number of hydrogen-bond acceptors (Lipinski definition) is 6. The van der Waals surface area contributed by atoms with E-state index in [4.69, 9.17) is 9.15 Å². The molecule has 27 heavy (non-hydrogen) atoms. The molecule has 1 N–H and O–H groups in total. The predicted molar refractivity (Wildman–Crippen MR) is 107 cm³/mol. The Morgan fingerprint density at radius 2 is 1.96 bits per heavy atom. The zero-order chi connectivity index (χ0) is 18.6. The van der Waals surface area contributed by atoms with Gasteiger partial charge in [0, 0.05) is 44.8 Å². The van der Waals surface area contributed by atoms with Gasteiger partial charge in [0.1, 0.15) is 0 Å². The fourth-order valence-electron chi connectivity index (χ4n) is 3.33. The van der Waals surface area contributed by atoms with Crippen molar-refractivity contribution in [1.82, 2.24) is 4.98 Å². The number of rotatable bonds is 5. The first-order chi connectivity index (χ1) is 13.2. The van der Waals surface area contributed by atoms with E-state index in [1.165, 1.54) is 6.07 Å². The molecule has 0 radical (unpaired) electrons. The quantitative estimate of drug-likeness (QED) is 0.742. The molecule has 0 spiro atoms. The Kier molecular flexibility index (Phi) is 5.07. The van der Waals surface area contributed by atoms with Crippen molar-refractivity contribution >= 4 is 28.4 Å². The third-order valence-corrected chi connectivity index (χ3v) is 5.00. The van der Waals surface area contributed by atoms with Crippen LogP contribution in [0.5, 0.6) is 0 Å². The van der Waals surface area contributed by atoms with Gasteiger partial charge in [0.25, 0.3) is 0 Å². The molecule has 3 aromatic rings. The van der Waals surface area contributed by atoms with Gasteiger partial charge in [-0.25, -0.2) is 4.98 Å². The zero-order valence-corrected chi connectivity index (χ0v) is 15.4. The number of nitrogens with zero attached hydrogens (tertiary/aromatic N) is 2. The molecular formula is C21H23N3O3. The van der Waals surface area contributed by atoms with Gasteiger partial charge in [-0.1, -0.05) is 18.2 Å². The highest BCUT2D eigenvalue weighted by Gasteiger charge is 2.17. The molecule has 0 amide bonds.